The Labute approximate surface area is 147 Å². The van der Waals surface area contributed by atoms with Crippen LogP contribution < -0.4 is 4.90 Å². The van der Waals surface area contributed by atoms with Crippen LogP contribution in [0.25, 0.3) is 0 Å². The van der Waals surface area contributed by atoms with Crippen LogP contribution in [-0.2, 0) is 0 Å². The van der Waals surface area contributed by atoms with Gasteiger partial charge in [-0.3, -0.25) is 0 Å². The molecule has 0 aliphatic carbocycles. The summed E-state index contributed by atoms with van der Waals surface area (Å²) in [5.74, 6) is 1.11. The van der Waals surface area contributed by atoms with Crippen LogP contribution in [-0.4, -0.2) is 24.2 Å². The van der Waals surface area contributed by atoms with Crippen LogP contribution in [0, 0.1) is 6.92 Å². The predicted octanol–water partition coefficient (Wildman–Crippen LogP) is 7.03. The van der Waals surface area contributed by atoms with Crippen LogP contribution in [0.1, 0.15) is 73.3 Å². The molecule has 0 aliphatic heterocycles. The monoisotopic (exact) mass is 350 g/mol. The van der Waals surface area contributed by atoms with Gasteiger partial charge in [0, 0.05) is 25.7 Å². The van der Waals surface area contributed by atoms with Gasteiger partial charge in [-0.1, -0.05) is 54.5 Å². The molecular formula is C19H37F3N2. The molecule has 0 N–H and O–H groups in total. The van der Waals surface area contributed by atoms with Crippen LogP contribution in [0.5, 0.6) is 0 Å². The molecule has 0 bridgehead atoms. The number of alkyl halides is 3. The summed E-state index contributed by atoms with van der Waals surface area (Å²) >= 11 is 0. The van der Waals surface area contributed by atoms with E-state index in [2.05, 4.69) is 42.8 Å². The van der Waals surface area contributed by atoms with Crippen LogP contribution in [0.4, 0.5) is 19.0 Å². The van der Waals surface area contributed by atoms with Gasteiger partial charge < -0.3 is 4.90 Å². The second-order valence-corrected chi connectivity index (χ2v) is 4.65. The predicted molar refractivity (Wildman–Crippen MR) is 101 cm³/mol. The number of pyridine rings is 1. The van der Waals surface area contributed by atoms with Crippen molar-refractivity contribution in [2.45, 2.75) is 80.8 Å². The number of halogens is 3. The Balaban J connectivity index is -0.000000371. The molecule has 0 aromatic carbocycles. The Morgan fingerprint density at radius 1 is 0.917 bits per heavy atom. The maximum atomic E-state index is 10.8. The lowest BCUT2D eigenvalue weighted by molar-refractivity contribution is -0.130. The van der Waals surface area contributed by atoms with Crippen molar-refractivity contribution in [3.8, 4) is 0 Å². The zero-order valence-electron chi connectivity index (χ0n) is 16.8. The lowest BCUT2D eigenvalue weighted by Gasteiger charge is -2.22. The van der Waals surface area contributed by atoms with Crippen molar-refractivity contribution in [1.82, 2.24) is 4.98 Å². The summed E-state index contributed by atoms with van der Waals surface area (Å²) in [6.07, 6.45) is -0.397. The van der Waals surface area contributed by atoms with Crippen molar-refractivity contribution in [2.75, 3.05) is 18.0 Å². The molecule has 5 heteroatoms. The molecule has 1 aromatic rings. The van der Waals surface area contributed by atoms with Crippen molar-refractivity contribution in [2.24, 2.45) is 0 Å². The average Bonchev–Trinajstić information content (AvgIpc) is 2.59. The molecule has 1 heterocycles. The van der Waals surface area contributed by atoms with E-state index in [0.717, 1.165) is 25.8 Å². The minimum atomic E-state index is -3.96. The fourth-order valence-corrected chi connectivity index (χ4v) is 1.53. The molecule has 0 radical (unpaired) electrons. The van der Waals surface area contributed by atoms with Gasteiger partial charge in [-0.15, -0.1) is 0 Å². The van der Waals surface area contributed by atoms with E-state index in [1.54, 1.807) is 0 Å². The molecule has 1 aromatic heterocycles. The molecule has 0 atom stereocenters. The SMILES string of the molecule is CC.CC.CCC(F)(F)F.CCCN(CCC)c1ccc(C)cn1. The van der Waals surface area contributed by atoms with Gasteiger partial charge in [0.2, 0.25) is 0 Å². The molecular weight excluding hydrogens is 313 g/mol. The zero-order chi connectivity index (χ0) is 19.6. The fraction of sp³-hybridized carbons (Fsp3) is 0.737. The fourth-order valence-electron chi connectivity index (χ4n) is 1.53. The van der Waals surface area contributed by atoms with Gasteiger partial charge in [0.1, 0.15) is 5.82 Å². The number of anilines is 1. The van der Waals surface area contributed by atoms with Gasteiger partial charge in [0.25, 0.3) is 0 Å². The Kier molecular flexibility index (Phi) is 20.8. The van der Waals surface area contributed by atoms with Crippen molar-refractivity contribution in [3.63, 3.8) is 0 Å². The summed E-state index contributed by atoms with van der Waals surface area (Å²) in [7, 11) is 0. The molecule has 0 amide bonds. The number of hydrogen-bond acceptors (Lipinski definition) is 2. The third-order valence-corrected chi connectivity index (χ3v) is 2.61. The highest BCUT2D eigenvalue weighted by Gasteiger charge is 2.22. The maximum Gasteiger partial charge on any atom is 0.388 e. The van der Waals surface area contributed by atoms with Crippen LogP contribution in [0.3, 0.4) is 0 Å². The van der Waals surface area contributed by atoms with E-state index < -0.39 is 12.6 Å². The van der Waals surface area contributed by atoms with E-state index in [-0.39, 0.29) is 0 Å². The molecule has 2 nitrogen and oxygen atoms in total. The Morgan fingerprint density at radius 3 is 1.58 bits per heavy atom. The summed E-state index contributed by atoms with van der Waals surface area (Å²) in [6, 6.07) is 4.24. The molecule has 144 valence electrons. The third-order valence-electron chi connectivity index (χ3n) is 2.61. The van der Waals surface area contributed by atoms with Gasteiger partial charge in [0.15, 0.2) is 0 Å². The lowest BCUT2D eigenvalue weighted by atomic mass is 10.3. The maximum absolute atomic E-state index is 10.8. The van der Waals surface area contributed by atoms with E-state index in [1.165, 1.54) is 18.4 Å². The Bertz CT molecular complexity index is 343. The number of nitrogens with zero attached hydrogens (tertiary/aromatic N) is 2. The highest BCUT2D eigenvalue weighted by molar-refractivity contribution is 5.38. The first-order valence-electron chi connectivity index (χ1n) is 9.08. The van der Waals surface area contributed by atoms with E-state index in [4.69, 9.17) is 0 Å². The van der Waals surface area contributed by atoms with E-state index in [9.17, 15) is 13.2 Å². The number of aryl methyl sites for hydroxylation is 1. The largest absolute Gasteiger partial charge is 0.388 e. The smallest absolute Gasteiger partial charge is 0.357 e. The van der Waals surface area contributed by atoms with Gasteiger partial charge in [0.05, 0.1) is 0 Å². The van der Waals surface area contributed by atoms with E-state index in [0.29, 0.717) is 0 Å². The Morgan fingerprint density at radius 2 is 1.33 bits per heavy atom. The topological polar surface area (TPSA) is 16.1 Å². The van der Waals surface area contributed by atoms with Crippen molar-refractivity contribution >= 4 is 5.82 Å². The summed E-state index contributed by atoms with van der Waals surface area (Å²) in [6.45, 7) is 17.8. The third kappa shape index (κ3) is 17.1. The van der Waals surface area contributed by atoms with Gasteiger partial charge in [-0.25, -0.2) is 4.98 Å². The van der Waals surface area contributed by atoms with E-state index >= 15 is 0 Å². The standard InChI is InChI=1S/C12H20N2.C3H5F3.2C2H6/c1-4-8-14(9-5-2)12-7-6-11(3)10-13-12;1-2-3(4,5)6;2*1-2/h6-7,10H,4-5,8-9H2,1-3H3;2H2,1H3;2*1-2H3. The highest BCUT2D eigenvalue weighted by Crippen LogP contribution is 2.17. The number of aromatic nitrogens is 1. The molecule has 0 fully saturated rings. The van der Waals surface area contributed by atoms with Crippen LogP contribution in [0.2, 0.25) is 0 Å². The lowest BCUT2D eigenvalue weighted by Crippen LogP contribution is -2.25. The molecule has 0 unspecified atom stereocenters. The first-order chi connectivity index (χ1) is 11.3. The van der Waals surface area contributed by atoms with E-state index in [1.807, 2.05) is 33.9 Å². The zero-order valence-corrected chi connectivity index (χ0v) is 16.8. The summed E-state index contributed by atoms with van der Waals surface area (Å²) in [5, 5.41) is 0. The number of rotatable bonds is 5. The summed E-state index contributed by atoms with van der Waals surface area (Å²) in [4.78, 5) is 6.79. The van der Waals surface area contributed by atoms with Crippen molar-refractivity contribution in [3.05, 3.63) is 23.9 Å². The van der Waals surface area contributed by atoms with Crippen molar-refractivity contribution < 1.29 is 13.2 Å². The summed E-state index contributed by atoms with van der Waals surface area (Å²) < 4.78 is 32.4. The van der Waals surface area contributed by atoms with Crippen LogP contribution >= 0.6 is 0 Å². The minimum Gasteiger partial charge on any atom is -0.357 e. The second-order valence-electron chi connectivity index (χ2n) is 4.65. The molecule has 0 saturated carbocycles. The molecule has 1 rings (SSSR count). The highest BCUT2D eigenvalue weighted by atomic mass is 19.4. The minimum absolute atomic E-state index is 0.729. The van der Waals surface area contributed by atoms with Gasteiger partial charge >= 0.3 is 6.18 Å². The summed E-state index contributed by atoms with van der Waals surface area (Å²) in [5.41, 5.74) is 1.22. The molecule has 24 heavy (non-hydrogen) atoms. The van der Waals surface area contributed by atoms with Gasteiger partial charge in [-0.05, 0) is 31.4 Å². The first-order valence-corrected chi connectivity index (χ1v) is 9.08. The second kappa shape index (κ2) is 18.1. The molecule has 0 aliphatic rings. The van der Waals surface area contributed by atoms with Gasteiger partial charge in [-0.2, -0.15) is 13.2 Å². The number of hydrogen-bond donors (Lipinski definition) is 0. The molecule has 0 saturated heterocycles. The normalized spacial score (nSPS) is 9.46. The quantitative estimate of drug-likeness (QED) is 0.567. The van der Waals surface area contributed by atoms with Crippen LogP contribution in [0.15, 0.2) is 18.3 Å². The first kappa shape index (κ1) is 27.6. The molecule has 0 spiro atoms. The Hall–Kier alpha value is -1.26. The van der Waals surface area contributed by atoms with Crippen molar-refractivity contribution in [1.29, 1.82) is 0 Å². The average molecular weight is 351 g/mol.